The van der Waals surface area contributed by atoms with Crippen molar-refractivity contribution in [1.82, 2.24) is 9.97 Å². The number of nitrogens with one attached hydrogen (secondary N) is 1. The van der Waals surface area contributed by atoms with Crippen LogP contribution in [0.2, 0.25) is 0 Å². The van der Waals surface area contributed by atoms with Crippen LogP contribution in [0.1, 0.15) is 51.8 Å². The molecule has 0 fully saturated rings. The molecule has 1 N–H and O–H groups in total. The summed E-state index contributed by atoms with van der Waals surface area (Å²) in [6, 6.07) is 6.08. The summed E-state index contributed by atoms with van der Waals surface area (Å²) in [4.78, 5) is 9.48. The van der Waals surface area contributed by atoms with Crippen molar-refractivity contribution in [2.45, 2.75) is 66.6 Å². The van der Waals surface area contributed by atoms with Gasteiger partial charge in [-0.05, 0) is 64.3 Å². The van der Waals surface area contributed by atoms with Crippen LogP contribution in [-0.2, 0) is 0 Å². The predicted octanol–water partition coefficient (Wildman–Crippen LogP) is 5.16. The van der Waals surface area contributed by atoms with Crippen molar-refractivity contribution in [3.05, 3.63) is 29.5 Å². The second-order valence-electron chi connectivity index (χ2n) is 6.76. The zero-order chi connectivity index (χ0) is 19.3. The molecule has 2 aromatic rings. The molecule has 2 rings (SSSR count). The number of hydrogen-bond donors (Lipinski definition) is 1. The summed E-state index contributed by atoms with van der Waals surface area (Å²) in [7, 11) is 1.84. The summed E-state index contributed by atoms with van der Waals surface area (Å²) in [5, 5.41) is 3.12. The Hall–Kier alpha value is -2.30. The highest BCUT2D eigenvalue weighted by Crippen LogP contribution is 2.32. The first-order valence-electron chi connectivity index (χ1n) is 9.40. The second kappa shape index (κ2) is 8.88. The Labute approximate surface area is 157 Å². The van der Waals surface area contributed by atoms with Gasteiger partial charge >= 0.3 is 0 Å². The Morgan fingerprint density at radius 2 is 1.73 bits per heavy atom. The van der Waals surface area contributed by atoms with Gasteiger partial charge in [0.1, 0.15) is 11.9 Å². The fourth-order valence-corrected chi connectivity index (χ4v) is 2.86. The zero-order valence-corrected chi connectivity index (χ0v) is 17.0. The highest BCUT2D eigenvalue weighted by atomic mass is 16.5. The third kappa shape index (κ3) is 4.65. The summed E-state index contributed by atoms with van der Waals surface area (Å²) >= 11 is 0. The average Bonchev–Trinajstić information content (AvgIpc) is 2.60. The maximum Gasteiger partial charge on any atom is 0.257 e. The molecule has 0 bridgehead atoms. The maximum absolute atomic E-state index is 6.04. The largest absolute Gasteiger partial charge is 0.491 e. The van der Waals surface area contributed by atoms with Gasteiger partial charge in [0, 0.05) is 12.6 Å². The normalized spacial score (nSPS) is 11.1. The van der Waals surface area contributed by atoms with Crippen molar-refractivity contribution in [2.75, 3.05) is 12.4 Å². The number of aryl methyl sites for hydroxylation is 2. The van der Waals surface area contributed by atoms with Crippen LogP contribution >= 0.6 is 0 Å². The average molecular weight is 357 g/mol. The van der Waals surface area contributed by atoms with Crippen molar-refractivity contribution >= 4 is 5.82 Å². The number of anilines is 1. The topological polar surface area (TPSA) is 56.3 Å². The van der Waals surface area contributed by atoms with E-state index in [-0.39, 0.29) is 12.2 Å². The number of benzene rings is 1. The van der Waals surface area contributed by atoms with Gasteiger partial charge < -0.3 is 14.8 Å². The minimum absolute atomic E-state index is 0.149. The minimum atomic E-state index is 0.149. The maximum atomic E-state index is 6.04. The van der Waals surface area contributed by atoms with E-state index in [1.54, 1.807) is 0 Å². The van der Waals surface area contributed by atoms with Crippen molar-refractivity contribution in [2.24, 2.45) is 0 Å². The molecule has 26 heavy (non-hydrogen) atoms. The minimum Gasteiger partial charge on any atom is -0.491 e. The quantitative estimate of drug-likeness (QED) is 0.707. The van der Waals surface area contributed by atoms with E-state index in [9.17, 15) is 0 Å². The van der Waals surface area contributed by atoms with Gasteiger partial charge in [-0.15, -0.1) is 0 Å². The molecule has 0 spiro atoms. The van der Waals surface area contributed by atoms with Gasteiger partial charge in [0.2, 0.25) is 0 Å². The summed E-state index contributed by atoms with van der Waals surface area (Å²) in [5.41, 5.74) is 3.87. The third-order valence-corrected chi connectivity index (χ3v) is 4.29. The van der Waals surface area contributed by atoms with Crippen LogP contribution in [0.5, 0.6) is 11.6 Å². The molecule has 0 unspecified atom stereocenters. The fourth-order valence-electron chi connectivity index (χ4n) is 2.86. The number of rotatable bonds is 8. The Kier molecular flexibility index (Phi) is 6.83. The van der Waals surface area contributed by atoms with Gasteiger partial charge in [0.05, 0.1) is 17.5 Å². The Morgan fingerprint density at radius 1 is 1.04 bits per heavy atom. The van der Waals surface area contributed by atoms with Crippen LogP contribution in [0.25, 0.3) is 11.3 Å². The lowest BCUT2D eigenvalue weighted by Crippen LogP contribution is -2.16. The first-order chi connectivity index (χ1) is 12.4. The van der Waals surface area contributed by atoms with Gasteiger partial charge in [0.15, 0.2) is 5.82 Å². The molecule has 0 amide bonds. The van der Waals surface area contributed by atoms with Crippen molar-refractivity contribution in [3.63, 3.8) is 0 Å². The lowest BCUT2D eigenvalue weighted by Gasteiger charge is -2.19. The Balaban J connectivity index is 2.41. The van der Waals surface area contributed by atoms with Crippen LogP contribution in [0, 0.1) is 13.8 Å². The second-order valence-corrected chi connectivity index (χ2v) is 6.76. The lowest BCUT2D eigenvalue weighted by molar-refractivity contribution is 0.185. The van der Waals surface area contributed by atoms with Crippen molar-refractivity contribution in [3.8, 4) is 22.9 Å². The summed E-state index contributed by atoms with van der Waals surface area (Å²) in [6.07, 6.45) is 2.19. The Bertz CT molecular complexity index is 740. The molecule has 5 nitrogen and oxygen atoms in total. The molecule has 1 aromatic heterocycles. The van der Waals surface area contributed by atoms with Gasteiger partial charge in [-0.25, -0.2) is 9.97 Å². The van der Waals surface area contributed by atoms with E-state index in [0.717, 1.165) is 41.1 Å². The van der Waals surface area contributed by atoms with Gasteiger partial charge in [-0.3, -0.25) is 0 Å². The van der Waals surface area contributed by atoms with Crippen molar-refractivity contribution in [1.29, 1.82) is 0 Å². The van der Waals surface area contributed by atoms with Gasteiger partial charge in [-0.2, -0.15) is 0 Å². The van der Waals surface area contributed by atoms with E-state index >= 15 is 0 Å². The first kappa shape index (κ1) is 20.0. The van der Waals surface area contributed by atoms with Crippen LogP contribution in [-0.4, -0.2) is 29.2 Å². The smallest absolute Gasteiger partial charge is 0.257 e. The third-order valence-electron chi connectivity index (χ3n) is 4.29. The monoisotopic (exact) mass is 357 g/mol. The lowest BCUT2D eigenvalue weighted by atomic mass is 10.0. The molecule has 0 saturated carbocycles. The van der Waals surface area contributed by atoms with E-state index in [1.165, 1.54) is 0 Å². The van der Waals surface area contributed by atoms with E-state index in [2.05, 4.69) is 31.1 Å². The summed E-state index contributed by atoms with van der Waals surface area (Å²) in [6.45, 7) is 12.3. The first-order valence-corrected chi connectivity index (χ1v) is 9.40. The predicted molar refractivity (Wildman–Crippen MR) is 107 cm³/mol. The molecule has 142 valence electrons. The van der Waals surface area contributed by atoms with E-state index in [4.69, 9.17) is 14.5 Å². The summed E-state index contributed by atoms with van der Waals surface area (Å²) in [5.74, 6) is 2.11. The van der Waals surface area contributed by atoms with Crippen LogP contribution in [0.4, 0.5) is 5.82 Å². The highest BCUT2D eigenvalue weighted by Gasteiger charge is 2.17. The molecule has 1 aromatic carbocycles. The molecule has 0 aliphatic carbocycles. The van der Waals surface area contributed by atoms with Crippen LogP contribution < -0.4 is 14.8 Å². The highest BCUT2D eigenvalue weighted by molar-refractivity contribution is 5.69. The molecule has 5 heteroatoms. The molecule has 1 heterocycles. The van der Waals surface area contributed by atoms with Gasteiger partial charge in [-0.1, -0.05) is 13.8 Å². The summed E-state index contributed by atoms with van der Waals surface area (Å²) < 4.78 is 11.8. The molecule has 0 aliphatic heterocycles. The molecule has 0 saturated heterocycles. The van der Waals surface area contributed by atoms with E-state index in [0.29, 0.717) is 11.7 Å². The van der Waals surface area contributed by atoms with Crippen LogP contribution in [0.15, 0.2) is 18.2 Å². The van der Waals surface area contributed by atoms with Gasteiger partial charge in [0.25, 0.3) is 5.88 Å². The number of hydrogen-bond acceptors (Lipinski definition) is 5. The molecule has 0 atom stereocenters. The molecular weight excluding hydrogens is 326 g/mol. The number of ether oxygens (including phenoxy) is 2. The number of nitrogens with zero attached hydrogens (tertiary/aromatic N) is 2. The molecular formula is C21H31N3O2. The number of aromatic nitrogens is 2. The Morgan fingerprint density at radius 3 is 2.27 bits per heavy atom. The van der Waals surface area contributed by atoms with E-state index in [1.807, 2.05) is 46.0 Å². The standard InChI is InChI=1S/C21H31N3O2/c1-8-16(9-2)26-21-20(22-7)24-19(15(6)23-21)18-11-10-17(12-14(18)5)25-13(3)4/h10-13,16H,8-9H2,1-7H3,(H,22,24). The van der Waals surface area contributed by atoms with Crippen LogP contribution in [0.3, 0.4) is 0 Å². The van der Waals surface area contributed by atoms with E-state index < -0.39 is 0 Å². The van der Waals surface area contributed by atoms with Crippen molar-refractivity contribution < 1.29 is 9.47 Å². The molecule has 0 radical (unpaired) electrons. The molecule has 0 aliphatic rings. The zero-order valence-electron chi connectivity index (χ0n) is 17.0. The SMILES string of the molecule is CCC(CC)Oc1nc(C)c(-c2ccc(OC(C)C)cc2C)nc1NC. The fraction of sp³-hybridized carbons (Fsp3) is 0.524.